The zero-order chi connectivity index (χ0) is 16.9. The number of aromatic nitrogens is 2. The van der Waals surface area contributed by atoms with E-state index >= 15 is 0 Å². The van der Waals surface area contributed by atoms with E-state index in [2.05, 4.69) is 15.3 Å². The van der Waals surface area contributed by atoms with E-state index in [9.17, 15) is 4.79 Å². The number of benzene rings is 1. The van der Waals surface area contributed by atoms with E-state index in [0.29, 0.717) is 10.8 Å². The van der Waals surface area contributed by atoms with Gasteiger partial charge in [0.15, 0.2) is 4.34 Å². The third-order valence-electron chi connectivity index (χ3n) is 3.18. The monoisotopic (exact) mass is 375 g/mol. The Morgan fingerprint density at radius 3 is 2.75 bits per heavy atom. The second-order valence-electron chi connectivity index (χ2n) is 4.98. The first kappa shape index (κ1) is 17.0. The molecule has 0 spiro atoms. The minimum atomic E-state index is -0.280. The van der Waals surface area contributed by atoms with Crippen molar-refractivity contribution < 1.29 is 4.79 Å². The first-order valence-electron chi connectivity index (χ1n) is 7.22. The van der Waals surface area contributed by atoms with Gasteiger partial charge in [-0.3, -0.25) is 4.79 Å². The van der Waals surface area contributed by atoms with E-state index in [0.717, 1.165) is 15.6 Å². The van der Waals surface area contributed by atoms with Crippen LogP contribution in [0.2, 0.25) is 5.02 Å². The van der Waals surface area contributed by atoms with Crippen LogP contribution in [0.3, 0.4) is 0 Å². The van der Waals surface area contributed by atoms with Gasteiger partial charge in [-0.25, -0.2) is 9.97 Å². The van der Waals surface area contributed by atoms with Crippen molar-refractivity contribution in [3.05, 3.63) is 59.1 Å². The molecule has 1 aromatic carbocycles. The van der Waals surface area contributed by atoms with Gasteiger partial charge in [-0.05, 0) is 19.1 Å². The Balaban J connectivity index is 1.62. The molecule has 1 N–H and O–H groups in total. The fraction of sp³-hybridized carbons (Fsp3) is 0.118. The molecule has 0 fully saturated rings. The molecule has 0 aliphatic rings. The van der Waals surface area contributed by atoms with Crippen molar-refractivity contribution in [1.82, 2.24) is 9.97 Å². The number of thiazole rings is 1. The average Bonchev–Trinajstić information content (AvgIpc) is 3.06. The molecule has 0 saturated heterocycles. The molecule has 3 rings (SSSR count). The zero-order valence-electron chi connectivity index (χ0n) is 12.8. The maximum Gasteiger partial charge on any atom is 0.238 e. The third kappa shape index (κ3) is 4.35. The first-order chi connectivity index (χ1) is 11.6. The number of halogens is 1. The number of pyridine rings is 1. The predicted molar refractivity (Wildman–Crippen MR) is 101 cm³/mol. The molecule has 122 valence electrons. The van der Waals surface area contributed by atoms with Gasteiger partial charge in [-0.15, -0.1) is 11.3 Å². The summed E-state index contributed by atoms with van der Waals surface area (Å²) in [6, 6.07) is 13.3. The lowest BCUT2D eigenvalue weighted by atomic mass is 10.2. The van der Waals surface area contributed by atoms with Crippen LogP contribution in [0, 0.1) is 0 Å². The molecule has 24 heavy (non-hydrogen) atoms. The van der Waals surface area contributed by atoms with Crippen LogP contribution in [0.25, 0.3) is 11.3 Å². The van der Waals surface area contributed by atoms with Crippen molar-refractivity contribution in [3.8, 4) is 11.3 Å². The molecule has 3 aromatic rings. The van der Waals surface area contributed by atoms with Crippen LogP contribution in [0.4, 0.5) is 5.82 Å². The molecule has 0 saturated carbocycles. The summed E-state index contributed by atoms with van der Waals surface area (Å²) < 4.78 is 0.862. The summed E-state index contributed by atoms with van der Waals surface area (Å²) in [6.45, 7) is 1.85. The zero-order valence-corrected chi connectivity index (χ0v) is 15.2. The fourth-order valence-corrected chi connectivity index (χ4v) is 4.02. The number of carbonyl (C=O) groups is 1. The summed E-state index contributed by atoms with van der Waals surface area (Å²) in [7, 11) is 0. The third-order valence-corrected chi connectivity index (χ3v) is 5.47. The summed E-state index contributed by atoms with van der Waals surface area (Å²) in [4.78, 5) is 20.9. The van der Waals surface area contributed by atoms with Crippen molar-refractivity contribution in [2.75, 3.05) is 5.32 Å². The Labute approximate surface area is 153 Å². The Kier molecular flexibility index (Phi) is 5.50. The van der Waals surface area contributed by atoms with Gasteiger partial charge in [0.2, 0.25) is 5.91 Å². The number of nitrogens with one attached hydrogen (secondary N) is 1. The predicted octanol–water partition coefficient (Wildman–Crippen LogP) is 4.98. The Morgan fingerprint density at radius 2 is 2.04 bits per heavy atom. The van der Waals surface area contributed by atoms with E-state index in [1.54, 1.807) is 12.1 Å². The summed E-state index contributed by atoms with van der Waals surface area (Å²) in [5.41, 5.74) is 2.00. The number of carbonyl (C=O) groups excluding carboxylic acids is 1. The molecule has 2 aromatic heterocycles. The standard InChI is InChI=1S/C17H14ClN3OS2/c1-11(16(22)21-15-8-7-13(18)9-19-15)24-17-20-14(10-23-17)12-5-3-2-4-6-12/h2-11H,1H3,(H,19,21,22)/t11-/m0/s1. The molecule has 0 unspecified atom stereocenters. The maximum atomic E-state index is 12.3. The molecule has 0 aliphatic carbocycles. The molecule has 7 heteroatoms. The van der Waals surface area contributed by atoms with Gasteiger partial charge in [-0.1, -0.05) is 53.7 Å². The van der Waals surface area contributed by atoms with Crippen molar-refractivity contribution in [2.45, 2.75) is 16.5 Å². The number of amides is 1. The van der Waals surface area contributed by atoms with E-state index in [4.69, 9.17) is 11.6 Å². The van der Waals surface area contributed by atoms with Crippen LogP contribution in [-0.4, -0.2) is 21.1 Å². The number of nitrogens with zero attached hydrogens (tertiary/aromatic N) is 2. The molecular formula is C17H14ClN3OS2. The van der Waals surface area contributed by atoms with Crippen molar-refractivity contribution >= 4 is 46.4 Å². The highest BCUT2D eigenvalue weighted by Gasteiger charge is 2.17. The summed E-state index contributed by atoms with van der Waals surface area (Å²) in [5.74, 6) is 0.368. The number of thioether (sulfide) groups is 1. The van der Waals surface area contributed by atoms with Crippen molar-refractivity contribution in [3.63, 3.8) is 0 Å². The van der Waals surface area contributed by atoms with E-state index in [-0.39, 0.29) is 11.2 Å². The van der Waals surface area contributed by atoms with Crippen LogP contribution in [0.15, 0.2) is 58.4 Å². The molecule has 1 amide bonds. The molecule has 0 aliphatic heterocycles. The Bertz CT molecular complexity index is 821. The summed E-state index contributed by atoms with van der Waals surface area (Å²) >= 11 is 8.75. The lowest BCUT2D eigenvalue weighted by Crippen LogP contribution is -2.22. The number of hydrogen-bond acceptors (Lipinski definition) is 5. The van der Waals surface area contributed by atoms with Crippen LogP contribution in [0.1, 0.15) is 6.92 Å². The van der Waals surface area contributed by atoms with E-state index in [1.165, 1.54) is 29.3 Å². The van der Waals surface area contributed by atoms with Gasteiger partial charge in [0.1, 0.15) is 5.82 Å². The highest BCUT2D eigenvalue weighted by Crippen LogP contribution is 2.31. The van der Waals surface area contributed by atoms with Crippen LogP contribution >= 0.6 is 34.7 Å². The SMILES string of the molecule is C[C@H](Sc1nc(-c2ccccc2)cs1)C(=O)Nc1ccc(Cl)cn1. The van der Waals surface area contributed by atoms with Gasteiger partial charge < -0.3 is 5.32 Å². The number of rotatable bonds is 5. The second kappa shape index (κ2) is 7.79. The molecule has 4 nitrogen and oxygen atoms in total. The highest BCUT2D eigenvalue weighted by atomic mass is 35.5. The van der Waals surface area contributed by atoms with E-state index < -0.39 is 0 Å². The molecular weight excluding hydrogens is 362 g/mol. The highest BCUT2D eigenvalue weighted by molar-refractivity contribution is 8.02. The van der Waals surface area contributed by atoms with Crippen molar-refractivity contribution in [1.29, 1.82) is 0 Å². The quantitative estimate of drug-likeness (QED) is 0.639. The largest absolute Gasteiger partial charge is 0.310 e. The number of hydrogen-bond donors (Lipinski definition) is 1. The van der Waals surface area contributed by atoms with Crippen molar-refractivity contribution in [2.24, 2.45) is 0 Å². The average molecular weight is 376 g/mol. The van der Waals surface area contributed by atoms with Gasteiger partial charge in [-0.2, -0.15) is 0 Å². The normalized spacial score (nSPS) is 11.9. The van der Waals surface area contributed by atoms with Gasteiger partial charge >= 0.3 is 0 Å². The molecule has 1 atom stereocenters. The Morgan fingerprint density at radius 1 is 1.25 bits per heavy atom. The summed E-state index contributed by atoms with van der Waals surface area (Å²) in [5, 5.41) is 5.03. The van der Waals surface area contributed by atoms with Crippen LogP contribution in [0.5, 0.6) is 0 Å². The second-order valence-corrected chi connectivity index (χ2v) is 7.86. The van der Waals surface area contributed by atoms with Gasteiger partial charge in [0.25, 0.3) is 0 Å². The fourth-order valence-electron chi connectivity index (χ4n) is 1.94. The smallest absolute Gasteiger partial charge is 0.238 e. The van der Waals surface area contributed by atoms with Gasteiger partial charge in [0, 0.05) is 17.1 Å². The van der Waals surface area contributed by atoms with Crippen LogP contribution < -0.4 is 5.32 Å². The number of anilines is 1. The lowest BCUT2D eigenvalue weighted by molar-refractivity contribution is -0.115. The first-order valence-corrected chi connectivity index (χ1v) is 9.35. The topological polar surface area (TPSA) is 54.9 Å². The minimum Gasteiger partial charge on any atom is -0.310 e. The Hall–Kier alpha value is -1.89. The van der Waals surface area contributed by atoms with Crippen LogP contribution in [-0.2, 0) is 4.79 Å². The van der Waals surface area contributed by atoms with Gasteiger partial charge in [0.05, 0.1) is 16.0 Å². The minimum absolute atomic E-state index is 0.119. The summed E-state index contributed by atoms with van der Waals surface area (Å²) in [6.07, 6.45) is 1.50. The molecule has 0 bridgehead atoms. The molecule has 2 heterocycles. The lowest BCUT2D eigenvalue weighted by Gasteiger charge is -2.09. The maximum absolute atomic E-state index is 12.3. The van der Waals surface area contributed by atoms with E-state index in [1.807, 2.05) is 42.6 Å². The molecule has 0 radical (unpaired) electrons.